The van der Waals surface area contributed by atoms with E-state index in [-0.39, 0.29) is 11.5 Å². The summed E-state index contributed by atoms with van der Waals surface area (Å²) in [5, 5.41) is 18.2. The van der Waals surface area contributed by atoms with Crippen molar-refractivity contribution >= 4 is 17.6 Å². The van der Waals surface area contributed by atoms with Crippen LogP contribution in [0.2, 0.25) is 0 Å². The second-order valence-electron chi connectivity index (χ2n) is 4.13. The number of rotatable bonds is 3. The Balaban J connectivity index is 2.31. The van der Waals surface area contributed by atoms with Crippen LogP contribution in [0, 0.1) is 6.92 Å². The number of aromatic nitrogens is 3. The minimum absolute atomic E-state index is 0.134. The normalized spacial score (nSPS) is 11.4. The summed E-state index contributed by atoms with van der Waals surface area (Å²) in [5.74, 6) is -0.205. The predicted octanol–water partition coefficient (Wildman–Crippen LogP) is 0.470. The molecule has 4 N–H and O–H groups in total. The molecular formula is C12H14N6O2. The van der Waals surface area contributed by atoms with E-state index in [0.717, 1.165) is 5.69 Å². The lowest BCUT2D eigenvalue weighted by molar-refractivity contribution is 0.102. The first kappa shape index (κ1) is 13.5. The minimum Gasteiger partial charge on any atom is -0.409 e. The van der Waals surface area contributed by atoms with Crippen LogP contribution in [0.5, 0.6) is 0 Å². The van der Waals surface area contributed by atoms with Gasteiger partial charge in [-0.15, -0.1) is 0 Å². The maximum absolute atomic E-state index is 12.1. The molecule has 1 amide bonds. The summed E-state index contributed by atoms with van der Waals surface area (Å²) in [6, 6.07) is 5.13. The van der Waals surface area contributed by atoms with E-state index < -0.39 is 5.91 Å². The molecule has 0 aliphatic rings. The molecular weight excluding hydrogens is 260 g/mol. The van der Waals surface area contributed by atoms with E-state index >= 15 is 0 Å². The fourth-order valence-electron chi connectivity index (χ4n) is 1.67. The van der Waals surface area contributed by atoms with Gasteiger partial charge >= 0.3 is 0 Å². The van der Waals surface area contributed by atoms with Gasteiger partial charge in [-0.05, 0) is 19.1 Å². The lowest BCUT2D eigenvalue weighted by Gasteiger charge is -2.07. The molecule has 2 aromatic heterocycles. The number of pyridine rings is 1. The van der Waals surface area contributed by atoms with Crippen molar-refractivity contribution in [2.24, 2.45) is 17.9 Å². The summed E-state index contributed by atoms with van der Waals surface area (Å²) in [7, 11) is 1.63. The third-order valence-corrected chi connectivity index (χ3v) is 2.68. The fourth-order valence-corrected chi connectivity index (χ4v) is 1.67. The monoisotopic (exact) mass is 274 g/mol. The van der Waals surface area contributed by atoms with Gasteiger partial charge in [0.15, 0.2) is 5.84 Å². The number of amidine groups is 1. The van der Waals surface area contributed by atoms with Gasteiger partial charge in [0.25, 0.3) is 5.91 Å². The van der Waals surface area contributed by atoms with Gasteiger partial charge < -0.3 is 16.3 Å². The highest BCUT2D eigenvalue weighted by Gasteiger charge is 2.16. The first-order valence-corrected chi connectivity index (χ1v) is 5.78. The number of hydrogen-bond acceptors (Lipinski definition) is 5. The van der Waals surface area contributed by atoms with E-state index in [4.69, 9.17) is 10.9 Å². The van der Waals surface area contributed by atoms with Crippen LogP contribution >= 0.6 is 0 Å². The Morgan fingerprint density at radius 2 is 2.25 bits per heavy atom. The predicted molar refractivity (Wildman–Crippen MR) is 72.6 cm³/mol. The van der Waals surface area contributed by atoms with Crippen LogP contribution in [-0.2, 0) is 7.05 Å². The average molecular weight is 274 g/mol. The van der Waals surface area contributed by atoms with Crippen molar-refractivity contribution in [2.75, 3.05) is 5.32 Å². The molecule has 0 atom stereocenters. The molecule has 20 heavy (non-hydrogen) atoms. The molecule has 8 nitrogen and oxygen atoms in total. The molecule has 8 heteroatoms. The van der Waals surface area contributed by atoms with Crippen LogP contribution in [0.15, 0.2) is 29.6 Å². The number of nitrogens with two attached hydrogens (primary N) is 1. The highest BCUT2D eigenvalue weighted by molar-refractivity contribution is 6.08. The highest BCUT2D eigenvalue weighted by atomic mass is 16.4. The second kappa shape index (κ2) is 5.39. The van der Waals surface area contributed by atoms with Gasteiger partial charge in [-0.25, -0.2) is 4.98 Å². The van der Waals surface area contributed by atoms with Crippen LogP contribution < -0.4 is 11.1 Å². The molecule has 0 spiro atoms. The van der Waals surface area contributed by atoms with Gasteiger partial charge in [-0.2, -0.15) is 5.10 Å². The summed E-state index contributed by atoms with van der Waals surface area (Å²) < 4.78 is 1.42. The molecule has 0 bridgehead atoms. The van der Waals surface area contributed by atoms with Crippen LogP contribution in [0.25, 0.3) is 0 Å². The SMILES string of the molecule is Cc1cccc(C(=O)Nc2c(C(N)=NO)cnn2C)n1. The molecule has 104 valence electrons. The molecule has 0 aliphatic heterocycles. The van der Waals surface area contributed by atoms with Gasteiger partial charge in [0.1, 0.15) is 11.5 Å². The Bertz CT molecular complexity index is 676. The highest BCUT2D eigenvalue weighted by Crippen LogP contribution is 2.14. The summed E-state index contributed by atoms with van der Waals surface area (Å²) >= 11 is 0. The van der Waals surface area contributed by atoms with E-state index in [9.17, 15) is 4.79 Å². The number of oxime groups is 1. The molecule has 2 rings (SSSR count). The van der Waals surface area contributed by atoms with E-state index in [1.807, 2.05) is 0 Å². The summed E-state index contributed by atoms with van der Waals surface area (Å²) in [6.45, 7) is 1.79. The maximum atomic E-state index is 12.1. The number of nitrogens with one attached hydrogen (secondary N) is 1. The molecule has 0 saturated heterocycles. The molecule has 0 aromatic carbocycles. The minimum atomic E-state index is -0.399. The number of carbonyl (C=O) groups is 1. The Kier molecular flexibility index (Phi) is 3.65. The fraction of sp³-hybridized carbons (Fsp3) is 0.167. The smallest absolute Gasteiger partial charge is 0.275 e. The van der Waals surface area contributed by atoms with Gasteiger partial charge in [0, 0.05) is 12.7 Å². The maximum Gasteiger partial charge on any atom is 0.275 e. The number of amides is 1. The Hall–Kier alpha value is -2.90. The van der Waals surface area contributed by atoms with Crippen molar-refractivity contribution in [1.82, 2.24) is 14.8 Å². The van der Waals surface area contributed by atoms with Crippen molar-refractivity contribution in [3.63, 3.8) is 0 Å². The van der Waals surface area contributed by atoms with Gasteiger partial charge in [0.2, 0.25) is 0 Å². The van der Waals surface area contributed by atoms with E-state index in [0.29, 0.717) is 11.4 Å². The molecule has 0 saturated carbocycles. The number of carbonyl (C=O) groups excluding carboxylic acids is 1. The Labute approximate surface area is 114 Å². The Morgan fingerprint density at radius 3 is 2.90 bits per heavy atom. The number of anilines is 1. The van der Waals surface area contributed by atoms with Crippen molar-refractivity contribution in [3.8, 4) is 0 Å². The van der Waals surface area contributed by atoms with Crippen molar-refractivity contribution in [3.05, 3.63) is 41.3 Å². The summed E-state index contributed by atoms with van der Waals surface area (Å²) in [4.78, 5) is 16.2. The van der Waals surface area contributed by atoms with Crippen LogP contribution in [0.4, 0.5) is 5.82 Å². The number of aryl methyl sites for hydroxylation is 2. The molecule has 0 fully saturated rings. The van der Waals surface area contributed by atoms with Crippen LogP contribution in [0.1, 0.15) is 21.7 Å². The number of hydrogen-bond donors (Lipinski definition) is 3. The third-order valence-electron chi connectivity index (χ3n) is 2.68. The quantitative estimate of drug-likeness (QED) is 0.325. The summed E-state index contributed by atoms with van der Waals surface area (Å²) in [6.07, 6.45) is 1.40. The van der Waals surface area contributed by atoms with Crippen LogP contribution in [0.3, 0.4) is 0 Å². The average Bonchev–Trinajstić information content (AvgIpc) is 2.79. The van der Waals surface area contributed by atoms with Crippen molar-refractivity contribution in [1.29, 1.82) is 0 Å². The molecule has 0 unspecified atom stereocenters. The standard InChI is InChI=1S/C12H14N6O2/c1-7-4-3-5-9(15-7)12(19)16-11-8(10(13)17-20)6-14-18(11)2/h3-6,20H,1-2H3,(H2,13,17)(H,16,19). The largest absolute Gasteiger partial charge is 0.409 e. The Morgan fingerprint density at radius 1 is 1.50 bits per heavy atom. The molecule has 2 heterocycles. The molecule has 2 aromatic rings. The zero-order chi connectivity index (χ0) is 14.7. The lowest BCUT2D eigenvalue weighted by atomic mass is 10.2. The zero-order valence-electron chi connectivity index (χ0n) is 11.0. The number of nitrogens with zero attached hydrogens (tertiary/aromatic N) is 4. The van der Waals surface area contributed by atoms with Crippen LogP contribution in [-0.4, -0.2) is 31.7 Å². The second-order valence-corrected chi connectivity index (χ2v) is 4.13. The zero-order valence-corrected chi connectivity index (χ0v) is 11.0. The first-order valence-electron chi connectivity index (χ1n) is 5.78. The third kappa shape index (κ3) is 2.58. The van der Waals surface area contributed by atoms with Gasteiger partial charge in [-0.3, -0.25) is 9.48 Å². The van der Waals surface area contributed by atoms with E-state index in [2.05, 4.69) is 20.6 Å². The van der Waals surface area contributed by atoms with Gasteiger partial charge in [-0.1, -0.05) is 11.2 Å². The van der Waals surface area contributed by atoms with Crippen molar-refractivity contribution < 1.29 is 10.0 Å². The topological polar surface area (TPSA) is 118 Å². The van der Waals surface area contributed by atoms with Crippen molar-refractivity contribution in [2.45, 2.75) is 6.92 Å². The molecule has 0 aliphatic carbocycles. The van der Waals surface area contributed by atoms with Gasteiger partial charge in [0.05, 0.1) is 11.8 Å². The summed E-state index contributed by atoms with van der Waals surface area (Å²) in [5.41, 5.74) is 6.87. The lowest BCUT2D eigenvalue weighted by Crippen LogP contribution is -2.20. The van der Waals surface area contributed by atoms with E-state index in [1.165, 1.54) is 10.9 Å². The first-order chi connectivity index (χ1) is 9.52. The van der Waals surface area contributed by atoms with E-state index in [1.54, 1.807) is 32.2 Å². The molecule has 0 radical (unpaired) electrons.